The number of hydrogen-bond donors (Lipinski definition) is 0. The second-order valence-corrected chi connectivity index (χ2v) is 13.0. The normalized spacial score (nSPS) is 25.7. The summed E-state index contributed by atoms with van der Waals surface area (Å²) in [5, 5.41) is 13.6. The Morgan fingerprint density at radius 3 is 2.50 bits per heavy atom. The molecule has 14 heteroatoms. The standard InChI is InChI=1S/C32H33Cl2N7O5/c1-4-45-31(44)39-14-12-38(13-15-39)29(42)24-23-10-11-32(46-23)17-40(30(43)25(24)32)27(21-9-8-20(33)16-22(21)34)28-35-36-37-41(28)26-18(2)6-5-7-19(26)3/h5-11,16,23-25,27H,4,12-15,17H2,1-3H3/t23-,24-,25+,27-,32-/m1/s1. The van der Waals surface area contributed by atoms with Gasteiger partial charge in [0, 0.05) is 41.8 Å². The van der Waals surface area contributed by atoms with Crippen LogP contribution in [0.4, 0.5) is 4.79 Å². The smallest absolute Gasteiger partial charge is 0.409 e. The molecule has 2 bridgehead atoms. The first-order valence-electron chi connectivity index (χ1n) is 15.3. The molecule has 3 aromatic rings. The Hall–Kier alpha value is -4.00. The van der Waals surface area contributed by atoms with Crippen molar-refractivity contribution in [3.8, 4) is 5.69 Å². The number of likely N-dealkylation sites (tertiary alicyclic amines) is 1. The number of amides is 3. The molecule has 4 aliphatic rings. The molecule has 0 saturated carbocycles. The van der Waals surface area contributed by atoms with Gasteiger partial charge >= 0.3 is 6.09 Å². The van der Waals surface area contributed by atoms with E-state index >= 15 is 0 Å². The van der Waals surface area contributed by atoms with Crippen molar-refractivity contribution >= 4 is 41.1 Å². The highest BCUT2D eigenvalue weighted by Gasteiger charge is 2.68. The predicted molar refractivity (Wildman–Crippen MR) is 168 cm³/mol. The van der Waals surface area contributed by atoms with Crippen molar-refractivity contribution in [2.24, 2.45) is 11.8 Å². The van der Waals surface area contributed by atoms with Gasteiger partial charge in [0.15, 0.2) is 5.82 Å². The molecule has 4 aliphatic heterocycles. The largest absolute Gasteiger partial charge is 0.450 e. The summed E-state index contributed by atoms with van der Waals surface area (Å²) in [7, 11) is 0. The van der Waals surface area contributed by atoms with Crippen LogP contribution in [0, 0.1) is 25.7 Å². The third-order valence-electron chi connectivity index (χ3n) is 9.49. The number of ether oxygens (including phenoxy) is 2. The van der Waals surface area contributed by atoms with Crippen molar-refractivity contribution < 1.29 is 23.9 Å². The molecule has 0 N–H and O–H groups in total. The molecular formula is C32H33Cl2N7O5. The lowest BCUT2D eigenvalue weighted by Crippen LogP contribution is -2.54. The van der Waals surface area contributed by atoms with Crippen LogP contribution in [0.15, 0.2) is 48.6 Å². The number of carbonyl (C=O) groups is 3. The molecule has 1 aromatic heterocycles. The number of piperazine rings is 1. The Morgan fingerprint density at radius 1 is 1.09 bits per heavy atom. The number of aryl methyl sites for hydroxylation is 2. The van der Waals surface area contributed by atoms with Crippen molar-refractivity contribution in [1.29, 1.82) is 0 Å². The van der Waals surface area contributed by atoms with Gasteiger partial charge < -0.3 is 24.2 Å². The maximum Gasteiger partial charge on any atom is 0.409 e. The van der Waals surface area contributed by atoms with Crippen molar-refractivity contribution in [1.82, 2.24) is 34.9 Å². The molecule has 5 heterocycles. The lowest BCUT2D eigenvalue weighted by atomic mass is 9.76. The molecule has 0 radical (unpaired) electrons. The number of benzene rings is 2. The first-order valence-corrected chi connectivity index (χ1v) is 16.1. The molecule has 3 fully saturated rings. The van der Waals surface area contributed by atoms with Crippen LogP contribution in [-0.4, -0.2) is 104 Å². The second kappa shape index (κ2) is 11.7. The fourth-order valence-corrected chi connectivity index (χ4v) is 7.91. The van der Waals surface area contributed by atoms with Gasteiger partial charge in [0.25, 0.3) is 0 Å². The Labute approximate surface area is 275 Å². The topological polar surface area (TPSA) is 123 Å². The first kappa shape index (κ1) is 30.6. The highest BCUT2D eigenvalue weighted by molar-refractivity contribution is 6.35. The fraction of sp³-hybridized carbons (Fsp3) is 0.438. The average molecular weight is 667 g/mol. The van der Waals surface area contributed by atoms with Crippen LogP contribution in [0.3, 0.4) is 0 Å². The van der Waals surface area contributed by atoms with Crippen LogP contribution in [0.2, 0.25) is 10.0 Å². The summed E-state index contributed by atoms with van der Waals surface area (Å²) in [6.07, 6.45) is 2.88. The highest BCUT2D eigenvalue weighted by Crippen LogP contribution is 2.54. The number of rotatable bonds is 6. The average Bonchev–Trinajstić information content (AvgIpc) is 3.80. The van der Waals surface area contributed by atoms with Crippen LogP contribution in [-0.2, 0) is 19.1 Å². The summed E-state index contributed by atoms with van der Waals surface area (Å²) in [5.41, 5.74) is 2.31. The minimum absolute atomic E-state index is 0.165. The first-order chi connectivity index (χ1) is 22.1. The van der Waals surface area contributed by atoms with E-state index in [1.807, 2.05) is 44.2 Å². The predicted octanol–water partition coefficient (Wildman–Crippen LogP) is 3.76. The number of tetrazole rings is 1. The fourth-order valence-electron chi connectivity index (χ4n) is 7.40. The molecule has 46 heavy (non-hydrogen) atoms. The van der Waals surface area contributed by atoms with Gasteiger partial charge in [-0.2, -0.15) is 4.68 Å². The van der Waals surface area contributed by atoms with E-state index in [4.69, 9.17) is 32.7 Å². The highest BCUT2D eigenvalue weighted by atomic mass is 35.5. The molecule has 7 rings (SSSR count). The van der Waals surface area contributed by atoms with Gasteiger partial charge in [-0.25, -0.2) is 4.79 Å². The van der Waals surface area contributed by atoms with Crippen LogP contribution in [0.25, 0.3) is 5.69 Å². The lowest BCUT2D eigenvalue weighted by Gasteiger charge is -2.37. The third-order valence-corrected chi connectivity index (χ3v) is 10.1. The van der Waals surface area contributed by atoms with E-state index in [1.165, 1.54) is 0 Å². The number of fused-ring (bicyclic) bond motifs is 1. The third kappa shape index (κ3) is 4.85. The van der Waals surface area contributed by atoms with E-state index in [2.05, 4.69) is 15.5 Å². The summed E-state index contributed by atoms with van der Waals surface area (Å²) in [4.78, 5) is 46.0. The van der Waals surface area contributed by atoms with E-state index in [-0.39, 0.29) is 25.0 Å². The number of aromatic nitrogens is 4. The maximum atomic E-state index is 14.7. The van der Waals surface area contributed by atoms with E-state index in [0.29, 0.717) is 47.6 Å². The zero-order valence-electron chi connectivity index (χ0n) is 25.6. The monoisotopic (exact) mass is 665 g/mol. The Morgan fingerprint density at radius 2 is 1.80 bits per heavy atom. The molecule has 5 atom stereocenters. The van der Waals surface area contributed by atoms with Gasteiger partial charge in [0.2, 0.25) is 11.8 Å². The van der Waals surface area contributed by atoms with Crippen LogP contribution in [0.5, 0.6) is 0 Å². The number of nitrogens with zero attached hydrogens (tertiary/aromatic N) is 7. The van der Waals surface area contributed by atoms with Crippen LogP contribution >= 0.6 is 23.2 Å². The SMILES string of the molecule is CCOC(=O)N1CCN(C(=O)[C@H]2[C@H]3C(=O)N([C@H](c4ccc(Cl)cc4Cl)c4nnnn4-c4c(C)cccc4C)C[C@]34C=C[C@H]2O4)CC1. The van der Waals surface area contributed by atoms with Crippen LogP contribution in [0.1, 0.15) is 35.5 Å². The van der Waals surface area contributed by atoms with E-state index in [9.17, 15) is 14.4 Å². The number of hydrogen-bond acceptors (Lipinski definition) is 8. The van der Waals surface area contributed by atoms with Gasteiger partial charge in [0.1, 0.15) is 11.6 Å². The van der Waals surface area contributed by atoms with Crippen molar-refractivity contribution in [2.75, 3.05) is 39.3 Å². The Balaban J connectivity index is 1.24. The molecule has 0 unspecified atom stereocenters. The Kier molecular flexibility index (Phi) is 7.77. The summed E-state index contributed by atoms with van der Waals surface area (Å²) in [6.45, 7) is 7.56. The molecule has 12 nitrogen and oxygen atoms in total. The summed E-state index contributed by atoms with van der Waals surface area (Å²) < 4.78 is 13.3. The minimum atomic E-state index is -0.997. The van der Waals surface area contributed by atoms with E-state index in [1.54, 1.807) is 44.5 Å². The van der Waals surface area contributed by atoms with Gasteiger partial charge in [-0.3, -0.25) is 9.59 Å². The summed E-state index contributed by atoms with van der Waals surface area (Å²) >= 11 is 13.1. The molecule has 0 aliphatic carbocycles. The maximum absolute atomic E-state index is 14.7. The molecule has 1 spiro atoms. The number of carbonyl (C=O) groups excluding carboxylic acids is 3. The second-order valence-electron chi connectivity index (χ2n) is 12.1. The van der Waals surface area contributed by atoms with Crippen LogP contribution < -0.4 is 0 Å². The van der Waals surface area contributed by atoms with Crippen molar-refractivity contribution in [2.45, 2.75) is 38.5 Å². The van der Waals surface area contributed by atoms with E-state index < -0.39 is 35.7 Å². The van der Waals surface area contributed by atoms with Gasteiger partial charge in [0.05, 0.1) is 36.8 Å². The molecule has 3 saturated heterocycles. The van der Waals surface area contributed by atoms with Gasteiger partial charge in [-0.05, 0) is 54.5 Å². The quantitative estimate of drug-likeness (QED) is 0.365. The summed E-state index contributed by atoms with van der Waals surface area (Å²) in [6, 6.07) is 10.2. The lowest BCUT2D eigenvalue weighted by molar-refractivity contribution is -0.144. The van der Waals surface area contributed by atoms with Crippen molar-refractivity contribution in [3.05, 3.63) is 81.1 Å². The zero-order valence-corrected chi connectivity index (χ0v) is 27.1. The molecular weight excluding hydrogens is 633 g/mol. The zero-order chi connectivity index (χ0) is 32.3. The summed E-state index contributed by atoms with van der Waals surface area (Å²) in [5.74, 6) is -1.49. The van der Waals surface area contributed by atoms with Gasteiger partial charge in [-0.15, -0.1) is 5.10 Å². The minimum Gasteiger partial charge on any atom is -0.450 e. The Bertz CT molecular complexity index is 1740. The van der Waals surface area contributed by atoms with Gasteiger partial charge in [-0.1, -0.05) is 59.6 Å². The number of halogens is 2. The molecule has 2 aromatic carbocycles. The van der Waals surface area contributed by atoms with E-state index in [0.717, 1.165) is 16.8 Å². The molecule has 240 valence electrons. The van der Waals surface area contributed by atoms with Crippen molar-refractivity contribution in [3.63, 3.8) is 0 Å². The number of para-hydroxylation sites is 1. The molecule has 3 amide bonds.